The molecule has 1 aromatic carbocycles. The van der Waals surface area contributed by atoms with Crippen LogP contribution in [0.1, 0.15) is 24.0 Å². The second-order valence-corrected chi connectivity index (χ2v) is 5.36. The highest BCUT2D eigenvalue weighted by molar-refractivity contribution is 5.88. The van der Waals surface area contributed by atoms with Crippen molar-refractivity contribution in [2.75, 3.05) is 27.4 Å². The summed E-state index contributed by atoms with van der Waals surface area (Å²) >= 11 is 0. The van der Waals surface area contributed by atoms with Crippen molar-refractivity contribution in [2.24, 2.45) is 5.73 Å². The first-order chi connectivity index (χ1) is 11.1. The quantitative estimate of drug-likeness (QED) is 0.726. The molecule has 2 unspecified atom stereocenters. The Kier molecular flexibility index (Phi) is 6.15. The van der Waals surface area contributed by atoms with Crippen LogP contribution < -0.4 is 5.73 Å². The van der Waals surface area contributed by atoms with Crippen LogP contribution in [-0.2, 0) is 25.6 Å². The van der Waals surface area contributed by atoms with E-state index in [4.69, 9.17) is 19.9 Å². The Morgan fingerprint density at radius 3 is 2.74 bits per heavy atom. The number of carbonyl (C=O) groups excluding carboxylic acids is 1. The summed E-state index contributed by atoms with van der Waals surface area (Å²) in [5, 5.41) is 1.02. The summed E-state index contributed by atoms with van der Waals surface area (Å²) in [4.78, 5) is 15.3. The van der Waals surface area contributed by atoms with Gasteiger partial charge in [-0.2, -0.15) is 0 Å². The highest BCUT2D eigenvalue weighted by Crippen LogP contribution is 2.31. The minimum Gasteiger partial charge on any atom is -0.465 e. The normalized spacial score (nSPS) is 13.9. The van der Waals surface area contributed by atoms with Crippen molar-refractivity contribution >= 4 is 16.9 Å². The molecule has 2 atom stereocenters. The van der Waals surface area contributed by atoms with Gasteiger partial charge in [-0.1, -0.05) is 12.1 Å². The zero-order chi connectivity index (χ0) is 16.8. The predicted octanol–water partition coefficient (Wildman–Crippen LogP) is 1.93. The lowest BCUT2D eigenvalue weighted by Gasteiger charge is -2.22. The Bertz CT molecular complexity index is 653. The highest BCUT2D eigenvalue weighted by Gasteiger charge is 2.30. The molecule has 0 spiro atoms. The number of ether oxygens (including phenoxy) is 3. The number of nitrogens with two attached hydrogens (primary N) is 1. The van der Waals surface area contributed by atoms with Crippen molar-refractivity contribution in [3.63, 3.8) is 0 Å². The van der Waals surface area contributed by atoms with Crippen LogP contribution in [0, 0.1) is 0 Å². The first-order valence-electron chi connectivity index (χ1n) is 7.63. The van der Waals surface area contributed by atoms with Gasteiger partial charge >= 0.3 is 5.97 Å². The van der Waals surface area contributed by atoms with E-state index >= 15 is 0 Å². The van der Waals surface area contributed by atoms with Gasteiger partial charge in [0.25, 0.3) is 0 Å². The van der Waals surface area contributed by atoms with E-state index in [1.807, 2.05) is 24.4 Å². The Labute approximate surface area is 135 Å². The smallest absolute Gasteiger partial charge is 0.323 e. The number of hydrogen-bond acceptors (Lipinski definition) is 5. The lowest BCUT2D eigenvalue weighted by molar-refractivity contribution is -0.145. The Balaban J connectivity index is 2.46. The predicted molar refractivity (Wildman–Crippen MR) is 88.2 cm³/mol. The Morgan fingerprint density at radius 1 is 1.30 bits per heavy atom. The van der Waals surface area contributed by atoms with E-state index < -0.39 is 12.0 Å². The minimum absolute atomic E-state index is 0.300. The summed E-state index contributed by atoms with van der Waals surface area (Å²) in [6.45, 7) is 2.87. The van der Waals surface area contributed by atoms with Crippen molar-refractivity contribution in [3.05, 3.63) is 35.5 Å². The minimum atomic E-state index is -0.787. The molecule has 126 valence electrons. The molecule has 0 aliphatic rings. The van der Waals surface area contributed by atoms with E-state index in [2.05, 4.69) is 4.98 Å². The van der Waals surface area contributed by atoms with Crippen molar-refractivity contribution in [3.8, 4) is 0 Å². The van der Waals surface area contributed by atoms with Gasteiger partial charge in [0.05, 0.1) is 19.8 Å². The molecule has 1 heterocycles. The number of fused-ring (bicyclic) bond motifs is 1. The molecule has 0 saturated carbocycles. The fourth-order valence-electron chi connectivity index (χ4n) is 2.83. The first-order valence-corrected chi connectivity index (χ1v) is 7.63. The highest BCUT2D eigenvalue weighted by atomic mass is 16.5. The summed E-state index contributed by atoms with van der Waals surface area (Å²) in [5.74, 6) is -0.723. The number of hydrogen-bond donors (Lipinski definition) is 2. The monoisotopic (exact) mass is 320 g/mol. The van der Waals surface area contributed by atoms with Crippen LogP contribution in [0.5, 0.6) is 0 Å². The third kappa shape index (κ3) is 3.72. The van der Waals surface area contributed by atoms with Gasteiger partial charge in [-0.25, -0.2) is 0 Å². The van der Waals surface area contributed by atoms with Crippen molar-refractivity contribution in [1.29, 1.82) is 0 Å². The van der Waals surface area contributed by atoms with Crippen LogP contribution in [-0.4, -0.2) is 44.4 Å². The SMILES string of the molecule is CCOC(=O)C(N)C(COC)c1c[nH]c2cccc(COC)c12. The van der Waals surface area contributed by atoms with E-state index in [1.54, 1.807) is 21.1 Å². The molecule has 23 heavy (non-hydrogen) atoms. The van der Waals surface area contributed by atoms with Crippen LogP contribution in [0.3, 0.4) is 0 Å². The van der Waals surface area contributed by atoms with Crippen LogP contribution >= 0.6 is 0 Å². The number of methoxy groups -OCH3 is 2. The number of H-pyrrole nitrogens is 1. The van der Waals surface area contributed by atoms with Gasteiger partial charge in [0.1, 0.15) is 6.04 Å². The first kappa shape index (κ1) is 17.5. The number of rotatable bonds is 8. The third-order valence-electron chi connectivity index (χ3n) is 3.86. The van der Waals surface area contributed by atoms with Gasteiger partial charge < -0.3 is 24.9 Å². The number of aromatic amines is 1. The molecule has 0 amide bonds. The molecular weight excluding hydrogens is 296 g/mol. The van der Waals surface area contributed by atoms with Gasteiger partial charge in [0.2, 0.25) is 0 Å². The van der Waals surface area contributed by atoms with E-state index in [0.29, 0.717) is 19.8 Å². The number of esters is 1. The average molecular weight is 320 g/mol. The Hall–Kier alpha value is -1.89. The molecule has 2 rings (SSSR count). The molecule has 3 N–H and O–H groups in total. The summed E-state index contributed by atoms with van der Waals surface area (Å²) < 4.78 is 15.6. The summed E-state index contributed by atoms with van der Waals surface area (Å²) in [7, 11) is 3.25. The van der Waals surface area contributed by atoms with Gasteiger partial charge in [-0.05, 0) is 24.1 Å². The van der Waals surface area contributed by atoms with Crippen LogP contribution in [0.4, 0.5) is 0 Å². The van der Waals surface area contributed by atoms with E-state index in [-0.39, 0.29) is 5.92 Å². The van der Waals surface area contributed by atoms with Crippen LogP contribution in [0.25, 0.3) is 10.9 Å². The number of benzene rings is 1. The van der Waals surface area contributed by atoms with Crippen molar-refractivity contribution in [2.45, 2.75) is 25.5 Å². The average Bonchev–Trinajstić information content (AvgIpc) is 2.97. The molecule has 0 aliphatic carbocycles. The fraction of sp³-hybridized carbons (Fsp3) is 0.471. The summed E-state index contributed by atoms with van der Waals surface area (Å²) in [6.07, 6.45) is 1.88. The zero-order valence-corrected chi connectivity index (χ0v) is 13.8. The zero-order valence-electron chi connectivity index (χ0n) is 13.8. The second-order valence-electron chi connectivity index (χ2n) is 5.36. The molecule has 6 heteroatoms. The van der Waals surface area contributed by atoms with Gasteiger partial charge in [0.15, 0.2) is 0 Å². The number of carbonyl (C=O) groups is 1. The molecule has 0 radical (unpaired) electrons. The van der Waals surface area contributed by atoms with E-state index in [0.717, 1.165) is 22.0 Å². The molecule has 0 aliphatic heterocycles. The van der Waals surface area contributed by atoms with Crippen molar-refractivity contribution in [1.82, 2.24) is 4.98 Å². The van der Waals surface area contributed by atoms with E-state index in [1.165, 1.54) is 0 Å². The Morgan fingerprint density at radius 2 is 2.09 bits per heavy atom. The second kappa shape index (κ2) is 8.10. The van der Waals surface area contributed by atoms with Gasteiger partial charge in [-0.3, -0.25) is 4.79 Å². The van der Waals surface area contributed by atoms with Gasteiger partial charge in [-0.15, -0.1) is 0 Å². The molecule has 6 nitrogen and oxygen atoms in total. The standard InChI is InChI=1S/C17H24N2O4/c1-4-23-17(20)16(18)13(10-22-3)12-8-19-14-7-5-6-11(9-21-2)15(12)14/h5-8,13,16,19H,4,9-10,18H2,1-3H3. The maximum absolute atomic E-state index is 12.1. The molecular formula is C17H24N2O4. The maximum Gasteiger partial charge on any atom is 0.323 e. The van der Waals surface area contributed by atoms with Crippen LogP contribution in [0.15, 0.2) is 24.4 Å². The lowest BCUT2D eigenvalue weighted by atomic mass is 9.90. The fourth-order valence-corrected chi connectivity index (χ4v) is 2.83. The third-order valence-corrected chi connectivity index (χ3v) is 3.86. The van der Waals surface area contributed by atoms with E-state index in [9.17, 15) is 4.79 Å². The molecule has 2 aromatic rings. The summed E-state index contributed by atoms with van der Waals surface area (Å²) in [6, 6.07) is 5.17. The van der Waals surface area contributed by atoms with Gasteiger partial charge in [0, 0.05) is 37.2 Å². The molecule has 0 saturated heterocycles. The topological polar surface area (TPSA) is 86.6 Å². The van der Waals surface area contributed by atoms with Crippen LogP contribution in [0.2, 0.25) is 0 Å². The molecule has 1 aromatic heterocycles. The lowest BCUT2D eigenvalue weighted by Crippen LogP contribution is -2.40. The molecule has 0 bridgehead atoms. The number of aromatic nitrogens is 1. The van der Waals surface area contributed by atoms with Crippen molar-refractivity contribution < 1.29 is 19.0 Å². The summed E-state index contributed by atoms with van der Waals surface area (Å²) in [5.41, 5.74) is 9.10. The number of nitrogens with one attached hydrogen (secondary N) is 1. The maximum atomic E-state index is 12.1. The molecule has 0 fully saturated rings. The largest absolute Gasteiger partial charge is 0.465 e.